The van der Waals surface area contributed by atoms with E-state index in [9.17, 15) is 14.9 Å². The Bertz CT molecular complexity index is 1060. The van der Waals surface area contributed by atoms with Gasteiger partial charge in [0.2, 0.25) is 0 Å². The van der Waals surface area contributed by atoms with Gasteiger partial charge in [-0.2, -0.15) is 0 Å². The smallest absolute Gasteiger partial charge is 0.336 e. The van der Waals surface area contributed by atoms with Crippen molar-refractivity contribution in [2.75, 3.05) is 6.79 Å². The Balaban J connectivity index is 1.64. The van der Waals surface area contributed by atoms with Crippen LogP contribution in [0.5, 0.6) is 11.5 Å². The summed E-state index contributed by atoms with van der Waals surface area (Å²) in [4.78, 5) is 22.0. The number of nitro groups is 1. The van der Waals surface area contributed by atoms with Gasteiger partial charge in [0.1, 0.15) is 23.7 Å². The first-order chi connectivity index (χ1) is 12.6. The molecule has 2 aromatic carbocycles. The van der Waals surface area contributed by atoms with Crippen LogP contribution >= 0.6 is 0 Å². The van der Waals surface area contributed by atoms with E-state index >= 15 is 0 Å². The first kappa shape index (κ1) is 16.1. The Morgan fingerprint density at radius 2 is 2.00 bits per heavy atom. The van der Waals surface area contributed by atoms with Crippen LogP contribution in [-0.2, 0) is 18.0 Å². The summed E-state index contributed by atoms with van der Waals surface area (Å²) in [6.45, 7) is 0.386. The predicted molar refractivity (Wildman–Crippen MR) is 90.2 cm³/mol. The third kappa shape index (κ3) is 3.09. The number of fused-ring (bicyclic) bond motifs is 2. The largest absolute Gasteiger partial charge is 0.489 e. The average molecular weight is 355 g/mol. The van der Waals surface area contributed by atoms with Crippen LogP contribution in [-0.4, -0.2) is 11.7 Å². The van der Waals surface area contributed by atoms with Crippen molar-refractivity contribution in [3.63, 3.8) is 0 Å². The number of hydrogen-bond acceptors (Lipinski definition) is 7. The third-order valence-electron chi connectivity index (χ3n) is 3.97. The highest BCUT2D eigenvalue weighted by Crippen LogP contribution is 2.33. The molecule has 1 aliphatic rings. The van der Waals surface area contributed by atoms with E-state index in [2.05, 4.69) is 0 Å². The molecule has 0 spiro atoms. The van der Waals surface area contributed by atoms with E-state index in [1.807, 2.05) is 0 Å². The van der Waals surface area contributed by atoms with Crippen LogP contribution in [0.1, 0.15) is 11.1 Å². The minimum atomic E-state index is -0.469. The number of nitrogens with zero attached hydrogens (tertiary/aromatic N) is 1. The topological polar surface area (TPSA) is 101 Å². The lowest BCUT2D eigenvalue weighted by Gasteiger charge is -2.20. The molecule has 2 heterocycles. The van der Waals surface area contributed by atoms with Crippen LogP contribution in [0, 0.1) is 10.1 Å². The highest BCUT2D eigenvalue weighted by molar-refractivity contribution is 5.77. The molecule has 132 valence electrons. The van der Waals surface area contributed by atoms with Crippen molar-refractivity contribution in [1.29, 1.82) is 0 Å². The number of benzene rings is 2. The van der Waals surface area contributed by atoms with Crippen LogP contribution in [0.3, 0.4) is 0 Å². The van der Waals surface area contributed by atoms with E-state index in [-0.39, 0.29) is 25.7 Å². The molecule has 4 rings (SSSR count). The van der Waals surface area contributed by atoms with Crippen LogP contribution in [0.25, 0.3) is 11.0 Å². The molecule has 0 bridgehead atoms. The van der Waals surface area contributed by atoms with E-state index in [1.54, 1.807) is 24.3 Å². The molecular weight excluding hydrogens is 342 g/mol. The van der Waals surface area contributed by atoms with E-state index in [4.69, 9.17) is 18.6 Å². The van der Waals surface area contributed by atoms with Gasteiger partial charge in [0.15, 0.2) is 6.79 Å². The molecule has 0 N–H and O–H groups in total. The van der Waals surface area contributed by atoms with Crippen LogP contribution in [0.4, 0.5) is 5.69 Å². The first-order valence-corrected chi connectivity index (χ1v) is 7.77. The van der Waals surface area contributed by atoms with E-state index in [1.165, 1.54) is 18.2 Å². The zero-order chi connectivity index (χ0) is 18.1. The zero-order valence-corrected chi connectivity index (χ0v) is 13.5. The molecule has 0 saturated heterocycles. The van der Waals surface area contributed by atoms with E-state index in [0.29, 0.717) is 28.2 Å². The molecule has 26 heavy (non-hydrogen) atoms. The van der Waals surface area contributed by atoms with Crippen molar-refractivity contribution in [3.8, 4) is 11.5 Å². The first-order valence-electron chi connectivity index (χ1n) is 7.77. The minimum absolute atomic E-state index is 0.0547. The molecule has 0 aliphatic carbocycles. The lowest BCUT2D eigenvalue weighted by atomic mass is 10.1. The Morgan fingerprint density at radius 3 is 2.85 bits per heavy atom. The molecule has 0 atom stereocenters. The fourth-order valence-corrected chi connectivity index (χ4v) is 2.79. The highest BCUT2D eigenvalue weighted by atomic mass is 16.7. The standard InChI is InChI=1S/C18H13NO7/c20-17-4-2-11-1-3-15(7-16(11)26-17)24-9-13-6-14(19(21)22)5-12-8-23-10-25-18(12)13/h1-7H,8-10H2. The van der Waals surface area contributed by atoms with Crippen molar-refractivity contribution in [2.24, 2.45) is 0 Å². The van der Waals surface area contributed by atoms with Gasteiger partial charge in [-0.1, -0.05) is 0 Å². The Kier molecular flexibility index (Phi) is 4.02. The molecular formula is C18H13NO7. The number of rotatable bonds is 4. The summed E-state index contributed by atoms with van der Waals surface area (Å²) in [5, 5.41) is 11.9. The fourth-order valence-electron chi connectivity index (χ4n) is 2.79. The Labute approximate surface area is 146 Å². The van der Waals surface area contributed by atoms with Gasteiger partial charge in [0, 0.05) is 40.8 Å². The van der Waals surface area contributed by atoms with E-state index < -0.39 is 10.5 Å². The van der Waals surface area contributed by atoms with Gasteiger partial charge in [-0.05, 0) is 18.2 Å². The number of non-ortho nitro benzene ring substituents is 1. The second-order valence-corrected chi connectivity index (χ2v) is 5.70. The summed E-state index contributed by atoms with van der Waals surface area (Å²) < 4.78 is 21.5. The molecule has 1 aromatic heterocycles. The molecule has 3 aromatic rings. The van der Waals surface area contributed by atoms with Gasteiger partial charge >= 0.3 is 5.63 Å². The van der Waals surface area contributed by atoms with Gasteiger partial charge in [-0.3, -0.25) is 10.1 Å². The Hall–Kier alpha value is -3.39. The molecule has 0 radical (unpaired) electrons. The fraction of sp³-hybridized carbons (Fsp3) is 0.167. The normalized spacial score (nSPS) is 13.1. The summed E-state index contributed by atoms with van der Waals surface area (Å²) in [5.41, 5.74) is 1.05. The zero-order valence-electron chi connectivity index (χ0n) is 13.5. The van der Waals surface area contributed by atoms with Crippen molar-refractivity contribution < 1.29 is 23.6 Å². The summed E-state index contributed by atoms with van der Waals surface area (Å²) in [6.07, 6.45) is 0. The summed E-state index contributed by atoms with van der Waals surface area (Å²) >= 11 is 0. The van der Waals surface area contributed by atoms with Gasteiger partial charge in [-0.25, -0.2) is 4.79 Å². The monoisotopic (exact) mass is 355 g/mol. The van der Waals surface area contributed by atoms with Crippen LogP contribution in [0.2, 0.25) is 0 Å². The average Bonchev–Trinajstić information content (AvgIpc) is 2.65. The van der Waals surface area contributed by atoms with Crippen molar-refractivity contribution in [1.82, 2.24) is 0 Å². The minimum Gasteiger partial charge on any atom is -0.489 e. The Morgan fingerprint density at radius 1 is 1.15 bits per heavy atom. The quantitative estimate of drug-likeness (QED) is 0.402. The van der Waals surface area contributed by atoms with Gasteiger partial charge in [-0.15, -0.1) is 0 Å². The maximum absolute atomic E-state index is 11.3. The molecule has 0 fully saturated rings. The number of nitro benzene ring substituents is 1. The van der Waals surface area contributed by atoms with Crippen molar-refractivity contribution in [3.05, 3.63) is 74.1 Å². The SMILES string of the molecule is O=c1ccc2ccc(OCc3cc([N+](=O)[O-])cc4c3OCOC4)cc2o1. The lowest BCUT2D eigenvalue weighted by Crippen LogP contribution is -2.14. The summed E-state index contributed by atoms with van der Waals surface area (Å²) in [5.74, 6) is 1.01. The summed E-state index contributed by atoms with van der Waals surface area (Å²) in [6, 6.07) is 11.0. The summed E-state index contributed by atoms with van der Waals surface area (Å²) in [7, 11) is 0. The molecule has 8 heteroatoms. The number of hydrogen-bond donors (Lipinski definition) is 0. The van der Waals surface area contributed by atoms with Crippen molar-refractivity contribution in [2.45, 2.75) is 13.2 Å². The van der Waals surface area contributed by atoms with Gasteiger partial charge < -0.3 is 18.6 Å². The predicted octanol–water partition coefficient (Wildman–Crippen LogP) is 3.15. The second-order valence-electron chi connectivity index (χ2n) is 5.70. The van der Waals surface area contributed by atoms with Gasteiger partial charge in [0.05, 0.1) is 11.5 Å². The second kappa shape index (κ2) is 6.49. The van der Waals surface area contributed by atoms with Crippen molar-refractivity contribution >= 4 is 16.7 Å². The lowest BCUT2D eigenvalue weighted by molar-refractivity contribution is -0.385. The maximum atomic E-state index is 11.3. The van der Waals surface area contributed by atoms with Gasteiger partial charge in [0.25, 0.3) is 5.69 Å². The third-order valence-corrected chi connectivity index (χ3v) is 3.97. The van der Waals surface area contributed by atoms with E-state index in [0.717, 1.165) is 5.39 Å². The molecule has 8 nitrogen and oxygen atoms in total. The number of ether oxygens (including phenoxy) is 3. The molecule has 0 amide bonds. The highest BCUT2D eigenvalue weighted by Gasteiger charge is 2.21. The van der Waals surface area contributed by atoms with Crippen LogP contribution in [0.15, 0.2) is 51.7 Å². The van der Waals surface area contributed by atoms with Crippen LogP contribution < -0.4 is 15.1 Å². The molecule has 1 aliphatic heterocycles. The molecule has 0 unspecified atom stereocenters. The molecule has 0 saturated carbocycles. The maximum Gasteiger partial charge on any atom is 0.336 e.